The highest BCUT2D eigenvalue weighted by Crippen LogP contribution is 2.24. The van der Waals surface area contributed by atoms with Crippen molar-refractivity contribution in [3.8, 4) is 11.1 Å². The average molecular weight is 245 g/mol. The number of halogens is 1. The largest absolute Gasteiger partial charge is 0.478 e. The molecular formula is C14H12FNO2. The first-order valence-electron chi connectivity index (χ1n) is 5.46. The van der Waals surface area contributed by atoms with Gasteiger partial charge in [0.05, 0.1) is 11.3 Å². The van der Waals surface area contributed by atoms with Crippen molar-refractivity contribution < 1.29 is 14.3 Å². The Bertz CT molecular complexity index is 606. The van der Waals surface area contributed by atoms with Crippen LogP contribution in [0.25, 0.3) is 11.1 Å². The summed E-state index contributed by atoms with van der Waals surface area (Å²) in [5, 5.41) is 9.07. The molecule has 0 fully saturated rings. The lowest BCUT2D eigenvalue weighted by Crippen LogP contribution is -2.04. The Labute approximate surface area is 104 Å². The Kier molecular flexibility index (Phi) is 3.10. The SMILES string of the molecule is Cc1nc(C)c(-c2ccc(F)cc2)cc1C(=O)O. The predicted octanol–water partition coefficient (Wildman–Crippen LogP) is 3.20. The van der Waals surface area contributed by atoms with E-state index in [1.165, 1.54) is 12.1 Å². The quantitative estimate of drug-likeness (QED) is 0.883. The number of nitrogens with zero attached hydrogens (tertiary/aromatic N) is 1. The number of benzene rings is 1. The number of aryl methyl sites for hydroxylation is 2. The molecule has 0 aliphatic heterocycles. The molecule has 0 bridgehead atoms. The van der Waals surface area contributed by atoms with Gasteiger partial charge in [-0.3, -0.25) is 4.98 Å². The van der Waals surface area contributed by atoms with E-state index in [0.717, 1.165) is 11.3 Å². The molecule has 0 saturated heterocycles. The third-order valence-corrected chi connectivity index (χ3v) is 2.79. The molecule has 0 aliphatic rings. The van der Waals surface area contributed by atoms with Gasteiger partial charge in [0.25, 0.3) is 0 Å². The Morgan fingerprint density at radius 1 is 1.17 bits per heavy atom. The molecule has 0 saturated carbocycles. The molecule has 0 spiro atoms. The van der Waals surface area contributed by atoms with Crippen molar-refractivity contribution in [1.82, 2.24) is 4.98 Å². The van der Waals surface area contributed by atoms with Gasteiger partial charge in [-0.25, -0.2) is 9.18 Å². The van der Waals surface area contributed by atoms with Crippen molar-refractivity contribution in [2.75, 3.05) is 0 Å². The molecule has 1 aromatic heterocycles. The lowest BCUT2D eigenvalue weighted by atomic mass is 10.0. The summed E-state index contributed by atoms with van der Waals surface area (Å²) in [5.41, 5.74) is 2.83. The number of aromatic carboxylic acids is 1. The first-order valence-corrected chi connectivity index (χ1v) is 5.46. The second-order valence-corrected chi connectivity index (χ2v) is 4.07. The minimum absolute atomic E-state index is 0.167. The number of carboxylic acid groups (broad SMARTS) is 1. The van der Waals surface area contributed by atoms with Gasteiger partial charge in [0.15, 0.2) is 0 Å². The molecule has 0 unspecified atom stereocenters. The van der Waals surface area contributed by atoms with E-state index in [-0.39, 0.29) is 11.4 Å². The summed E-state index contributed by atoms with van der Waals surface area (Å²) >= 11 is 0. The minimum atomic E-state index is -1.01. The third-order valence-electron chi connectivity index (χ3n) is 2.79. The smallest absolute Gasteiger partial charge is 0.337 e. The first-order chi connectivity index (χ1) is 8.49. The van der Waals surface area contributed by atoms with Crippen molar-refractivity contribution in [2.45, 2.75) is 13.8 Å². The Morgan fingerprint density at radius 3 is 2.33 bits per heavy atom. The van der Waals surface area contributed by atoms with Crippen molar-refractivity contribution in [3.63, 3.8) is 0 Å². The monoisotopic (exact) mass is 245 g/mol. The summed E-state index contributed by atoms with van der Waals surface area (Å²) in [6.07, 6.45) is 0. The molecule has 0 atom stereocenters. The molecule has 0 aliphatic carbocycles. The van der Waals surface area contributed by atoms with Crippen molar-refractivity contribution >= 4 is 5.97 Å². The summed E-state index contributed by atoms with van der Waals surface area (Å²) in [7, 11) is 0. The van der Waals surface area contributed by atoms with Crippen LogP contribution in [0.5, 0.6) is 0 Å². The number of pyridine rings is 1. The number of hydrogen-bond donors (Lipinski definition) is 1. The van der Waals surface area contributed by atoms with E-state index in [4.69, 9.17) is 5.11 Å². The second kappa shape index (κ2) is 4.56. The van der Waals surface area contributed by atoms with Gasteiger partial charge in [-0.05, 0) is 37.6 Å². The van der Waals surface area contributed by atoms with Gasteiger partial charge >= 0.3 is 5.97 Å². The fourth-order valence-corrected chi connectivity index (χ4v) is 1.86. The number of hydrogen-bond acceptors (Lipinski definition) is 2. The van der Waals surface area contributed by atoms with Gasteiger partial charge in [0, 0.05) is 11.3 Å². The molecule has 18 heavy (non-hydrogen) atoms. The molecule has 1 aromatic carbocycles. The minimum Gasteiger partial charge on any atom is -0.478 e. The number of carbonyl (C=O) groups is 1. The van der Waals surface area contributed by atoms with Crippen LogP contribution in [0.1, 0.15) is 21.7 Å². The van der Waals surface area contributed by atoms with E-state index in [0.29, 0.717) is 11.3 Å². The summed E-state index contributed by atoms with van der Waals surface area (Å²) < 4.78 is 12.9. The van der Waals surface area contributed by atoms with Crippen LogP contribution in [0, 0.1) is 19.7 Å². The van der Waals surface area contributed by atoms with E-state index >= 15 is 0 Å². The number of rotatable bonds is 2. The highest BCUT2D eigenvalue weighted by atomic mass is 19.1. The van der Waals surface area contributed by atoms with E-state index in [1.807, 2.05) is 0 Å². The normalized spacial score (nSPS) is 10.4. The van der Waals surface area contributed by atoms with Crippen molar-refractivity contribution in [1.29, 1.82) is 0 Å². The fourth-order valence-electron chi connectivity index (χ4n) is 1.86. The summed E-state index contributed by atoms with van der Waals surface area (Å²) in [6, 6.07) is 7.48. The fraction of sp³-hybridized carbons (Fsp3) is 0.143. The molecule has 3 nitrogen and oxygen atoms in total. The average Bonchev–Trinajstić information content (AvgIpc) is 2.30. The van der Waals surface area contributed by atoms with Crippen molar-refractivity contribution in [3.05, 3.63) is 53.1 Å². The predicted molar refractivity (Wildman–Crippen MR) is 66.1 cm³/mol. The molecule has 2 aromatic rings. The van der Waals surface area contributed by atoms with Gasteiger partial charge in [-0.15, -0.1) is 0 Å². The number of aromatic nitrogens is 1. The topological polar surface area (TPSA) is 50.2 Å². The van der Waals surface area contributed by atoms with Crippen LogP contribution in [-0.2, 0) is 0 Å². The lowest BCUT2D eigenvalue weighted by molar-refractivity contribution is 0.0695. The van der Waals surface area contributed by atoms with Crippen molar-refractivity contribution in [2.24, 2.45) is 0 Å². The molecule has 0 radical (unpaired) electrons. The maximum atomic E-state index is 12.9. The van der Waals surface area contributed by atoms with Gasteiger partial charge < -0.3 is 5.11 Å². The molecular weight excluding hydrogens is 233 g/mol. The van der Waals surface area contributed by atoms with Crippen LogP contribution in [0.4, 0.5) is 4.39 Å². The van der Waals surface area contributed by atoms with Crippen LogP contribution >= 0.6 is 0 Å². The van der Waals surface area contributed by atoms with Gasteiger partial charge in [0.1, 0.15) is 5.82 Å². The Morgan fingerprint density at radius 2 is 1.78 bits per heavy atom. The molecule has 92 valence electrons. The van der Waals surface area contributed by atoms with E-state index in [1.54, 1.807) is 32.0 Å². The summed E-state index contributed by atoms with van der Waals surface area (Å²) in [5.74, 6) is -1.33. The van der Waals surface area contributed by atoms with Crippen LogP contribution in [-0.4, -0.2) is 16.1 Å². The maximum Gasteiger partial charge on any atom is 0.337 e. The summed E-state index contributed by atoms with van der Waals surface area (Å²) in [4.78, 5) is 15.3. The van der Waals surface area contributed by atoms with Gasteiger partial charge in [0.2, 0.25) is 0 Å². The van der Waals surface area contributed by atoms with E-state index in [9.17, 15) is 9.18 Å². The van der Waals surface area contributed by atoms with Crippen LogP contribution in [0.15, 0.2) is 30.3 Å². The van der Waals surface area contributed by atoms with Gasteiger partial charge in [-0.2, -0.15) is 0 Å². The van der Waals surface area contributed by atoms with Crippen LogP contribution in [0.3, 0.4) is 0 Å². The molecule has 0 amide bonds. The molecule has 1 heterocycles. The van der Waals surface area contributed by atoms with E-state index < -0.39 is 5.97 Å². The van der Waals surface area contributed by atoms with Gasteiger partial charge in [-0.1, -0.05) is 12.1 Å². The van der Waals surface area contributed by atoms with Crippen LogP contribution < -0.4 is 0 Å². The zero-order valence-corrected chi connectivity index (χ0v) is 10.1. The molecule has 1 N–H and O–H groups in total. The lowest BCUT2D eigenvalue weighted by Gasteiger charge is -2.09. The Hall–Kier alpha value is -2.23. The maximum absolute atomic E-state index is 12.9. The second-order valence-electron chi connectivity index (χ2n) is 4.07. The first kappa shape index (κ1) is 12.2. The van der Waals surface area contributed by atoms with Crippen LogP contribution in [0.2, 0.25) is 0 Å². The Balaban J connectivity index is 2.60. The zero-order valence-electron chi connectivity index (χ0n) is 10.1. The highest BCUT2D eigenvalue weighted by Gasteiger charge is 2.13. The summed E-state index contributed by atoms with van der Waals surface area (Å²) in [6.45, 7) is 3.46. The third kappa shape index (κ3) is 2.22. The van der Waals surface area contributed by atoms with E-state index in [2.05, 4.69) is 4.98 Å². The standard InChI is InChI=1S/C14H12FNO2/c1-8-12(10-3-5-11(15)6-4-10)7-13(14(17)18)9(2)16-8/h3-7H,1-2H3,(H,17,18). The molecule has 4 heteroatoms. The highest BCUT2D eigenvalue weighted by molar-refractivity contribution is 5.90. The zero-order chi connectivity index (χ0) is 13.3. The number of carboxylic acids is 1. The molecule has 2 rings (SSSR count).